The third-order valence-electron chi connectivity index (χ3n) is 3.11. The summed E-state index contributed by atoms with van der Waals surface area (Å²) in [6.45, 7) is 0.257. The molecule has 1 aliphatic rings. The van der Waals surface area contributed by atoms with Gasteiger partial charge in [0.25, 0.3) is 0 Å². The maximum Gasteiger partial charge on any atom is 0.335 e. The van der Waals surface area contributed by atoms with Gasteiger partial charge in [0.2, 0.25) is 0 Å². The summed E-state index contributed by atoms with van der Waals surface area (Å²) in [5.41, 5.74) is 0.448. The Balaban J connectivity index is 2.06. The Labute approximate surface area is 96.7 Å². The molecule has 0 amide bonds. The summed E-state index contributed by atoms with van der Waals surface area (Å²) in [6.07, 6.45) is 2.71. The van der Waals surface area contributed by atoms with Crippen LogP contribution < -0.4 is 0 Å². The highest BCUT2D eigenvalue weighted by molar-refractivity contribution is 5.92. The summed E-state index contributed by atoms with van der Waals surface area (Å²) in [5, 5.41) is 8.91. The van der Waals surface area contributed by atoms with Crippen LogP contribution in [0.5, 0.6) is 0 Å². The number of aromatic carboxylic acids is 1. The predicted octanol–water partition coefficient (Wildman–Crippen LogP) is 2.24. The third-order valence-corrected chi connectivity index (χ3v) is 3.11. The van der Waals surface area contributed by atoms with Crippen LogP contribution in [-0.2, 0) is 6.54 Å². The minimum absolute atomic E-state index is 0.197. The van der Waals surface area contributed by atoms with Gasteiger partial charge in [-0.3, -0.25) is 0 Å². The van der Waals surface area contributed by atoms with Crippen molar-refractivity contribution < 1.29 is 14.3 Å². The Hall–Kier alpha value is -1.91. The highest BCUT2D eigenvalue weighted by Gasteiger charge is 2.43. The molecule has 1 aromatic carbocycles. The van der Waals surface area contributed by atoms with Crippen LogP contribution >= 0.6 is 0 Å². The second-order valence-electron chi connectivity index (χ2n) is 4.53. The first-order valence-corrected chi connectivity index (χ1v) is 5.45. The van der Waals surface area contributed by atoms with Crippen molar-refractivity contribution in [2.24, 2.45) is 0 Å². The van der Waals surface area contributed by atoms with Crippen LogP contribution in [-0.4, -0.2) is 26.3 Å². The molecule has 0 aliphatic heterocycles. The van der Waals surface area contributed by atoms with Crippen LogP contribution in [0.2, 0.25) is 0 Å². The quantitative estimate of drug-likeness (QED) is 0.886. The Kier molecular flexibility index (Phi) is 1.98. The van der Waals surface area contributed by atoms with Gasteiger partial charge >= 0.3 is 5.97 Å². The minimum Gasteiger partial charge on any atom is -0.478 e. The van der Waals surface area contributed by atoms with Gasteiger partial charge in [-0.25, -0.2) is 14.2 Å². The number of carboxylic acid groups (broad SMARTS) is 1. The fourth-order valence-corrected chi connectivity index (χ4v) is 1.91. The van der Waals surface area contributed by atoms with Gasteiger partial charge in [-0.15, -0.1) is 0 Å². The average Bonchev–Trinajstić information content (AvgIpc) is 2.88. The molecule has 88 valence electrons. The molecule has 17 heavy (non-hydrogen) atoms. The first kappa shape index (κ1) is 10.3. The molecule has 0 spiro atoms. The Morgan fingerprint density at radius 2 is 2.29 bits per heavy atom. The van der Waals surface area contributed by atoms with Crippen LogP contribution in [0.1, 0.15) is 23.2 Å². The molecule has 0 unspecified atom stereocenters. The summed E-state index contributed by atoms with van der Waals surface area (Å²) in [7, 11) is 0. The SMILES string of the molecule is O=C(O)c1ccc2ncn(CC3(F)CC3)c2c1. The highest BCUT2D eigenvalue weighted by atomic mass is 19.1. The lowest BCUT2D eigenvalue weighted by Gasteiger charge is -2.07. The summed E-state index contributed by atoms with van der Waals surface area (Å²) in [4.78, 5) is 15.0. The number of benzene rings is 1. The maximum atomic E-state index is 13.7. The van der Waals surface area contributed by atoms with E-state index in [1.807, 2.05) is 0 Å². The van der Waals surface area contributed by atoms with Crippen molar-refractivity contribution in [3.05, 3.63) is 30.1 Å². The summed E-state index contributed by atoms with van der Waals surface area (Å²) >= 11 is 0. The third kappa shape index (κ3) is 1.77. The molecule has 1 saturated carbocycles. The minimum atomic E-state index is -1.12. The van der Waals surface area contributed by atoms with E-state index in [2.05, 4.69) is 4.98 Å². The van der Waals surface area contributed by atoms with Gasteiger partial charge < -0.3 is 9.67 Å². The summed E-state index contributed by atoms with van der Waals surface area (Å²) < 4.78 is 15.4. The highest BCUT2D eigenvalue weighted by Crippen LogP contribution is 2.41. The van der Waals surface area contributed by atoms with E-state index in [1.54, 1.807) is 17.0 Å². The molecule has 2 aromatic rings. The second-order valence-corrected chi connectivity index (χ2v) is 4.53. The number of aromatic nitrogens is 2. The van der Waals surface area contributed by atoms with Crippen molar-refractivity contribution >= 4 is 17.0 Å². The number of halogens is 1. The standard InChI is InChI=1S/C12H11FN2O2/c13-12(3-4-12)6-15-7-14-9-2-1-8(11(16)17)5-10(9)15/h1-2,5,7H,3-4,6H2,(H,16,17). The Morgan fingerprint density at radius 3 is 2.94 bits per heavy atom. The molecular formula is C12H11FN2O2. The number of hydrogen-bond donors (Lipinski definition) is 1. The number of fused-ring (bicyclic) bond motifs is 1. The van der Waals surface area contributed by atoms with Gasteiger partial charge in [-0.05, 0) is 31.0 Å². The van der Waals surface area contributed by atoms with Gasteiger partial charge in [-0.2, -0.15) is 0 Å². The molecular weight excluding hydrogens is 223 g/mol. The number of hydrogen-bond acceptors (Lipinski definition) is 2. The maximum absolute atomic E-state index is 13.7. The number of imidazole rings is 1. The summed E-state index contributed by atoms with van der Waals surface area (Å²) in [5.74, 6) is -0.985. The predicted molar refractivity (Wildman–Crippen MR) is 59.8 cm³/mol. The smallest absolute Gasteiger partial charge is 0.335 e. The molecule has 1 fully saturated rings. The molecule has 0 atom stereocenters. The van der Waals surface area contributed by atoms with E-state index < -0.39 is 11.6 Å². The van der Waals surface area contributed by atoms with E-state index in [4.69, 9.17) is 5.11 Å². The first-order chi connectivity index (χ1) is 8.07. The number of nitrogens with zero attached hydrogens (tertiary/aromatic N) is 2. The zero-order valence-corrected chi connectivity index (χ0v) is 9.06. The summed E-state index contributed by atoms with van der Waals surface area (Å²) in [6, 6.07) is 4.69. The molecule has 3 rings (SSSR count). The van der Waals surface area contributed by atoms with E-state index in [1.165, 1.54) is 12.1 Å². The monoisotopic (exact) mass is 234 g/mol. The van der Waals surface area contributed by atoms with Gasteiger partial charge in [0.1, 0.15) is 5.67 Å². The molecule has 1 heterocycles. The van der Waals surface area contributed by atoms with E-state index >= 15 is 0 Å². The molecule has 5 heteroatoms. The van der Waals surface area contributed by atoms with Gasteiger partial charge in [0.15, 0.2) is 0 Å². The van der Waals surface area contributed by atoms with Crippen molar-refractivity contribution in [2.75, 3.05) is 0 Å². The number of carboxylic acids is 1. The van der Waals surface area contributed by atoms with Crippen molar-refractivity contribution in [3.63, 3.8) is 0 Å². The fourth-order valence-electron chi connectivity index (χ4n) is 1.91. The van der Waals surface area contributed by atoms with Crippen LogP contribution in [0, 0.1) is 0 Å². The van der Waals surface area contributed by atoms with Crippen molar-refractivity contribution in [3.8, 4) is 0 Å². The molecule has 0 radical (unpaired) electrons. The molecule has 1 N–H and O–H groups in total. The number of rotatable bonds is 3. The number of carbonyl (C=O) groups is 1. The Morgan fingerprint density at radius 1 is 1.53 bits per heavy atom. The average molecular weight is 234 g/mol. The topological polar surface area (TPSA) is 55.1 Å². The largest absolute Gasteiger partial charge is 0.478 e. The molecule has 0 bridgehead atoms. The lowest BCUT2D eigenvalue weighted by atomic mass is 10.2. The van der Waals surface area contributed by atoms with Crippen molar-refractivity contribution in [1.82, 2.24) is 9.55 Å². The van der Waals surface area contributed by atoms with Crippen LogP contribution in [0.4, 0.5) is 4.39 Å². The first-order valence-electron chi connectivity index (χ1n) is 5.45. The van der Waals surface area contributed by atoms with Crippen molar-refractivity contribution in [1.29, 1.82) is 0 Å². The lowest BCUT2D eigenvalue weighted by Crippen LogP contribution is -2.11. The van der Waals surface area contributed by atoms with Gasteiger partial charge in [0.05, 0.1) is 29.5 Å². The van der Waals surface area contributed by atoms with Gasteiger partial charge in [0, 0.05) is 0 Å². The molecule has 4 nitrogen and oxygen atoms in total. The van der Waals surface area contributed by atoms with Crippen LogP contribution in [0.3, 0.4) is 0 Å². The normalized spacial score (nSPS) is 17.2. The van der Waals surface area contributed by atoms with E-state index in [-0.39, 0.29) is 12.1 Å². The lowest BCUT2D eigenvalue weighted by molar-refractivity contribution is 0.0697. The van der Waals surface area contributed by atoms with Crippen LogP contribution in [0.15, 0.2) is 24.5 Å². The van der Waals surface area contributed by atoms with E-state index in [9.17, 15) is 9.18 Å². The number of alkyl halides is 1. The van der Waals surface area contributed by atoms with Gasteiger partial charge in [-0.1, -0.05) is 0 Å². The zero-order chi connectivity index (χ0) is 12.0. The molecule has 1 aliphatic carbocycles. The fraction of sp³-hybridized carbons (Fsp3) is 0.333. The molecule has 1 aromatic heterocycles. The Bertz CT molecular complexity index is 602. The van der Waals surface area contributed by atoms with Crippen LogP contribution in [0.25, 0.3) is 11.0 Å². The van der Waals surface area contributed by atoms with E-state index in [0.29, 0.717) is 23.9 Å². The second kappa shape index (κ2) is 3.29. The van der Waals surface area contributed by atoms with E-state index in [0.717, 1.165) is 0 Å². The zero-order valence-electron chi connectivity index (χ0n) is 9.06. The molecule has 0 saturated heterocycles. The van der Waals surface area contributed by atoms with Crippen molar-refractivity contribution in [2.45, 2.75) is 25.1 Å².